The minimum Gasteiger partial charge on any atom is -0.443 e. The summed E-state index contributed by atoms with van der Waals surface area (Å²) in [6.07, 6.45) is 4.81. The minimum absolute atomic E-state index is 0.0739. The van der Waals surface area contributed by atoms with E-state index in [1.807, 2.05) is 61.9 Å². The van der Waals surface area contributed by atoms with E-state index < -0.39 is 5.79 Å². The lowest BCUT2D eigenvalue weighted by Crippen LogP contribution is -2.35. The third-order valence-electron chi connectivity index (χ3n) is 9.29. The highest BCUT2D eigenvalue weighted by atomic mass is 19.1. The zero-order chi connectivity index (χ0) is 30.7. The van der Waals surface area contributed by atoms with Crippen molar-refractivity contribution >= 4 is 11.0 Å². The van der Waals surface area contributed by atoms with Gasteiger partial charge in [-0.05, 0) is 81.9 Å². The highest BCUT2D eigenvalue weighted by Crippen LogP contribution is 2.49. The molecular weight excluding hydrogens is 573 g/mol. The molecule has 3 aliphatic rings. The number of ether oxygens (including phenoxy) is 3. The molecule has 0 saturated carbocycles. The van der Waals surface area contributed by atoms with Crippen molar-refractivity contribution in [3.05, 3.63) is 82.9 Å². The van der Waals surface area contributed by atoms with E-state index in [-0.39, 0.29) is 11.9 Å². The number of para-hydroxylation sites is 1. The summed E-state index contributed by atoms with van der Waals surface area (Å²) >= 11 is 0. The molecule has 0 spiro atoms. The number of aryl methyl sites for hydroxylation is 2. The highest BCUT2D eigenvalue weighted by Gasteiger charge is 2.42. The van der Waals surface area contributed by atoms with Crippen LogP contribution in [0.15, 0.2) is 48.7 Å². The molecule has 2 saturated heterocycles. The Labute approximate surface area is 260 Å². The first kappa shape index (κ1) is 28.1. The summed E-state index contributed by atoms with van der Waals surface area (Å²) in [4.78, 5) is 16.3. The number of rotatable bonds is 7. The first-order valence-corrected chi connectivity index (χ1v) is 15.7. The molecule has 0 bridgehead atoms. The lowest BCUT2D eigenvalue weighted by atomic mass is 9.88. The molecule has 0 radical (unpaired) electrons. The van der Waals surface area contributed by atoms with E-state index in [1.165, 1.54) is 11.6 Å². The van der Waals surface area contributed by atoms with Crippen LogP contribution in [-0.4, -0.2) is 60.4 Å². The second-order valence-corrected chi connectivity index (χ2v) is 12.6. The monoisotopic (exact) mass is 609 g/mol. The molecule has 8 rings (SSSR count). The number of fused-ring (bicyclic) bond motifs is 2. The second kappa shape index (κ2) is 10.9. The summed E-state index contributed by atoms with van der Waals surface area (Å²) in [5.74, 6) is 2.61. The molecule has 45 heavy (non-hydrogen) atoms. The topological polar surface area (TPSA) is 103 Å². The zero-order valence-corrected chi connectivity index (χ0v) is 25.7. The molecule has 10 nitrogen and oxygen atoms in total. The molecule has 11 heteroatoms. The number of benzene rings is 2. The van der Waals surface area contributed by atoms with Gasteiger partial charge in [0.15, 0.2) is 17.3 Å². The standard InChI is InChI=1S/C34H36FN7O3/c1-20-7-8-29(36-17-20)34(3)44-28-6-4-5-25(32(28)45-34)22-9-12-41(13-10-22)19-30-38-27-16-23(33-37-21(2)39-40-33)15-26(35)31(27)42(30)18-24-11-14-43-24/h4-8,15-17,22,24H,9-14,18-19H2,1-3H3,(H,37,39,40)/t24-,34-/m0/s1. The number of hydrogen-bond donors (Lipinski definition) is 1. The number of hydrogen-bond acceptors (Lipinski definition) is 8. The Balaban J connectivity index is 1.01. The van der Waals surface area contributed by atoms with Crippen LogP contribution in [-0.2, 0) is 23.6 Å². The third kappa shape index (κ3) is 5.13. The fourth-order valence-electron chi connectivity index (χ4n) is 6.73. The molecule has 0 aliphatic carbocycles. The summed E-state index contributed by atoms with van der Waals surface area (Å²) < 4.78 is 36.3. The van der Waals surface area contributed by atoms with Crippen LogP contribution >= 0.6 is 0 Å². The number of aromatic amines is 1. The number of H-pyrrole nitrogens is 1. The van der Waals surface area contributed by atoms with Gasteiger partial charge in [-0.2, -0.15) is 5.10 Å². The van der Waals surface area contributed by atoms with Crippen LogP contribution in [0.4, 0.5) is 4.39 Å². The SMILES string of the molecule is Cc1ccc([C@@]2(C)Oc3cccc(C4CCN(Cc5nc6cc(-c7n[nH]c(C)n7)cc(F)c6n5C[C@@H]5CCO5)CC4)c3O2)nc1. The third-order valence-corrected chi connectivity index (χ3v) is 9.29. The summed E-state index contributed by atoms with van der Waals surface area (Å²) in [6, 6.07) is 13.6. The molecule has 232 valence electrons. The fourth-order valence-corrected chi connectivity index (χ4v) is 6.73. The number of halogens is 1. The van der Waals surface area contributed by atoms with Crippen molar-refractivity contribution in [2.45, 2.75) is 70.9 Å². The summed E-state index contributed by atoms with van der Waals surface area (Å²) in [6.45, 7) is 9.50. The van der Waals surface area contributed by atoms with Gasteiger partial charge < -0.3 is 18.8 Å². The van der Waals surface area contributed by atoms with Crippen molar-refractivity contribution in [2.75, 3.05) is 19.7 Å². The Morgan fingerprint density at radius 3 is 2.60 bits per heavy atom. The van der Waals surface area contributed by atoms with E-state index in [4.69, 9.17) is 19.2 Å². The lowest BCUT2D eigenvalue weighted by molar-refractivity contribution is -0.0722. The maximum Gasteiger partial charge on any atom is 0.292 e. The van der Waals surface area contributed by atoms with E-state index in [0.717, 1.165) is 67.5 Å². The Bertz CT molecular complexity index is 1880. The van der Waals surface area contributed by atoms with Crippen LogP contribution in [0.2, 0.25) is 0 Å². The average molecular weight is 610 g/mol. The van der Waals surface area contributed by atoms with Crippen molar-refractivity contribution in [1.82, 2.24) is 34.6 Å². The van der Waals surface area contributed by atoms with Crippen molar-refractivity contribution < 1.29 is 18.6 Å². The summed E-state index contributed by atoms with van der Waals surface area (Å²) in [5, 5.41) is 7.06. The normalized spacial score (nSPS) is 21.8. The molecule has 5 aromatic rings. The van der Waals surface area contributed by atoms with E-state index in [2.05, 4.69) is 31.1 Å². The van der Waals surface area contributed by atoms with Gasteiger partial charge in [0, 0.05) is 30.9 Å². The lowest BCUT2D eigenvalue weighted by Gasteiger charge is -2.33. The predicted molar refractivity (Wildman–Crippen MR) is 165 cm³/mol. The van der Waals surface area contributed by atoms with E-state index in [9.17, 15) is 0 Å². The van der Waals surface area contributed by atoms with Crippen molar-refractivity contribution in [2.24, 2.45) is 0 Å². The number of imidazole rings is 1. The highest BCUT2D eigenvalue weighted by molar-refractivity contribution is 5.82. The van der Waals surface area contributed by atoms with Gasteiger partial charge in [0.25, 0.3) is 5.79 Å². The van der Waals surface area contributed by atoms with Gasteiger partial charge in [-0.1, -0.05) is 18.2 Å². The van der Waals surface area contributed by atoms with Crippen LogP contribution in [0.25, 0.3) is 22.4 Å². The van der Waals surface area contributed by atoms with Crippen LogP contribution in [0.1, 0.15) is 60.6 Å². The predicted octanol–water partition coefficient (Wildman–Crippen LogP) is 5.78. The Kier molecular flexibility index (Phi) is 6.83. The maximum absolute atomic E-state index is 15.7. The smallest absolute Gasteiger partial charge is 0.292 e. The van der Waals surface area contributed by atoms with Crippen molar-refractivity contribution in [3.63, 3.8) is 0 Å². The number of piperidine rings is 1. The number of pyridine rings is 1. The van der Waals surface area contributed by atoms with Crippen molar-refractivity contribution in [1.29, 1.82) is 0 Å². The Morgan fingerprint density at radius 2 is 1.89 bits per heavy atom. The fraction of sp³-hybridized carbons (Fsp3) is 0.412. The quantitative estimate of drug-likeness (QED) is 0.248. The number of nitrogens with zero attached hydrogens (tertiary/aromatic N) is 6. The second-order valence-electron chi connectivity index (χ2n) is 12.6. The van der Waals surface area contributed by atoms with Gasteiger partial charge in [-0.3, -0.25) is 15.0 Å². The molecular formula is C34H36FN7O3. The van der Waals surface area contributed by atoms with E-state index in [1.54, 1.807) is 0 Å². The molecule has 6 heterocycles. The molecule has 0 amide bonds. The molecule has 0 unspecified atom stereocenters. The summed E-state index contributed by atoms with van der Waals surface area (Å²) in [5.41, 5.74) is 4.74. The molecule has 2 fully saturated rings. The van der Waals surface area contributed by atoms with Gasteiger partial charge >= 0.3 is 0 Å². The van der Waals surface area contributed by atoms with Crippen LogP contribution in [0.5, 0.6) is 11.5 Å². The van der Waals surface area contributed by atoms with Gasteiger partial charge in [0.1, 0.15) is 28.7 Å². The first-order valence-electron chi connectivity index (χ1n) is 15.7. The average Bonchev–Trinajstić information content (AvgIpc) is 3.70. The Morgan fingerprint density at radius 1 is 1.04 bits per heavy atom. The Hall–Kier alpha value is -4.35. The van der Waals surface area contributed by atoms with E-state index >= 15 is 4.39 Å². The molecule has 2 aromatic carbocycles. The van der Waals surface area contributed by atoms with Crippen molar-refractivity contribution in [3.8, 4) is 22.9 Å². The summed E-state index contributed by atoms with van der Waals surface area (Å²) in [7, 11) is 0. The van der Waals surface area contributed by atoms with Crippen LogP contribution in [0.3, 0.4) is 0 Å². The first-order chi connectivity index (χ1) is 21.8. The molecule has 2 atom stereocenters. The number of likely N-dealkylation sites (tertiary alicyclic amines) is 1. The molecule has 3 aliphatic heterocycles. The van der Waals surface area contributed by atoms with E-state index in [0.29, 0.717) is 47.3 Å². The number of nitrogens with one attached hydrogen (secondary N) is 1. The van der Waals surface area contributed by atoms with Gasteiger partial charge in [0.2, 0.25) is 0 Å². The van der Waals surface area contributed by atoms with Gasteiger partial charge in [0.05, 0.1) is 24.7 Å². The zero-order valence-electron chi connectivity index (χ0n) is 25.7. The van der Waals surface area contributed by atoms with Crippen LogP contribution in [0, 0.1) is 19.7 Å². The number of aromatic nitrogens is 6. The minimum atomic E-state index is -0.961. The largest absolute Gasteiger partial charge is 0.443 e. The van der Waals surface area contributed by atoms with Crippen LogP contribution < -0.4 is 9.47 Å². The van der Waals surface area contributed by atoms with Gasteiger partial charge in [-0.25, -0.2) is 14.4 Å². The molecule has 3 aromatic heterocycles. The maximum atomic E-state index is 15.7. The van der Waals surface area contributed by atoms with Gasteiger partial charge in [-0.15, -0.1) is 0 Å². The molecule has 1 N–H and O–H groups in total.